The van der Waals surface area contributed by atoms with E-state index in [1.54, 1.807) is 28.0 Å². The van der Waals surface area contributed by atoms with Crippen LogP contribution < -0.4 is 0 Å². The molecule has 1 saturated heterocycles. The van der Waals surface area contributed by atoms with Gasteiger partial charge in [0.25, 0.3) is 0 Å². The Morgan fingerprint density at radius 2 is 2.39 bits per heavy atom. The van der Waals surface area contributed by atoms with E-state index < -0.39 is 5.60 Å². The van der Waals surface area contributed by atoms with Gasteiger partial charge in [-0.25, -0.2) is 9.78 Å². The topological polar surface area (TPSA) is 42.4 Å². The first-order chi connectivity index (χ1) is 8.44. The van der Waals surface area contributed by atoms with Gasteiger partial charge in [-0.2, -0.15) is 0 Å². The number of ether oxygens (including phenoxy) is 1. The molecule has 1 aliphatic heterocycles. The number of thiazole rings is 1. The number of carbonyl (C=O) groups excluding carboxylic acids is 1. The van der Waals surface area contributed by atoms with E-state index >= 15 is 0 Å². The molecule has 1 amide bonds. The minimum Gasteiger partial charge on any atom is -0.444 e. The van der Waals surface area contributed by atoms with Crippen molar-refractivity contribution in [3.8, 4) is 0 Å². The van der Waals surface area contributed by atoms with Crippen LogP contribution in [-0.4, -0.2) is 39.9 Å². The average molecular weight is 286 g/mol. The highest BCUT2D eigenvalue weighted by atomic mass is 32.2. The van der Waals surface area contributed by atoms with Crippen LogP contribution in [0.1, 0.15) is 27.2 Å². The number of likely N-dealkylation sites (tertiary alicyclic amines) is 1. The first kappa shape index (κ1) is 13.7. The summed E-state index contributed by atoms with van der Waals surface area (Å²) in [6.07, 6.45) is 2.61. The third-order valence-electron chi connectivity index (χ3n) is 2.47. The van der Waals surface area contributed by atoms with Gasteiger partial charge in [-0.05, 0) is 27.2 Å². The molecule has 0 spiro atoms. The molecular formula is C12H18N2O2S2. The van der Waals surface area contributed by atoms with E-state index in [2.05, 4.69) is 4.98 Å². The van der Waals surface area contributed by atoms with Crippen LogP contribution in [-0.2, 0) is 4.74 Å². The van der Waals surface area contributed by atoms with Crippen molar-refractivity contribution < 1.29 is 9.53 Å². The molecule has 100 valence electrons. The third-order valence-corrected chi connectivity index (χ3v) is 4.64. The number of nitrogens with zero attached hydrogens (tertiary/aromatic N) is 2. The van der Waals surface area contributed by atoms with E-state index in [4.69, 9.17) is 4.74 Å². The maximum atomic E-state index is 11.9. The summed E-state index contributed by atoms with van der Waals surface area (Å²) >= 11 is 3.40. The molecule has 1 fully saturated rings. The Morgan fingerprint density at radius 1 is 1.61 bits per heavy atom. The summed E-state index contributed by atoms with van der Waals surface area (Å²) in [7, 11) is 0. The second-order valence-electron chi connectivity index (χ2n) is 5.25. The maximum absolute atomic E-state index is 11.9. The molecule has 18 heavy (non-hydrogen) atoms. The van der Waals surface area contributed by atoms with Crippen molar-refractivity contribution in [3.63, 3.8) is 0 Å². The monoisotopic (exact) mass is 286 g/mol. The lowest BCUT2D eigenvalue weighted by Gasteiger charge is -2.24. The van der Waals surface area contributed by atoms with Crippen molar-refractivity contribution in [1.82, 2.24) is 9.88 Å². The highest BCUT2D eigenvalue weighted by Crippen LogP contribution is 2.31. The average Bonchev–Trinajstić information content (AvgIpc) is 2.86. The molecule has 1 aromatic rings. The standard InChI is InChI=1S/C12H18N2O2S2/c1-12(2,3)16-11(15)14-6-4-9(8-14)18-10-13-5-7-17-10/h5,7,9H,4,6,8H2,1-3H3/t9-/m1/s1. The molecule has 1 aliphatic rings. The van der Waals surface area contributed by atoms with Gasteiger partial charge >= 0.3 is 6.09 Å². The molecule has 0 saturated carbocycles. The van der Waals surface area contributed by atoms with Gasteiger partial charge in [-0.1, -0.05) is 11.8 Å². The molecule has 1 atom stereocenters. The van der Waals surface area contributed by atoms with E-state index in [1.165, 1.54) is 0 Å². The predicted octanol–water partition coefficient (Wildman–Crippen LogP) is 3.24. The maximum Gasteiger partial charge on any atom is 0.410 e. The number of rotatable bonds is 2. The second-order valence-corrected chi connectivity index (χ2v) is 7.69. The number of amides is 1. The Bertz CT molecular complexity index is 401. The lowest BCUT2D eigenvalue weighted by Crippen LogP contribution is -2.35. The van der Waals surface area contributed by atoms with Crippen molar-refractivity contribution in [2.75, 3.05) is 13.1 Å². The van der Waals surface area contributed by atoms with Crippen LogP contribution >= 0.6 is 23.1 Å². The molecule has 0 bridgehead atoms. The van der Waals surface area contributed by atoms with Crippen LogP contribution in [0.3, 0.4) is 0 Å². The van der Waals surface area contributed by atoms with Gasteiger partial charge in [-0.15, -0.1) is 11.3 Å². The van der Waals surface area contributed by atoms with Crippen molar-refractivity contribution in [2.24, 2.45) is 0 Å². The number of hydrogen-bond acceptors (Lipinski definition) is 5. The predicted molar refractivity (Wildman–Crippen MR) is 74.2 cm³/mol. The van der Waals surface area contributed by atoms with E-state index in [1.807, 2.05) is 32.3 Å². The molecule has 0 aromatic carbocycles. The molecule has 0 N–H and O–H groups in total. The summed E-state index contributed by atoms with van der Waals surface area (Å²) in [5.41, 5.74) is -0.419. The molecule has 0 unspecified atom stereocenters. The normalized spacial score (nSPS) is 20.2. The fourth-order valence-corrected chi connectivity index (χ4v) is 3.77. The van der Waals surface area contributed by atoms with Crippen LogP contribution in [0.4, 0.5) is 4.79 Å². The third kappa shape index (κ3) is 3.88. The van der Waals surface area contributed by atoms with Crippen molar-refractivity contribution in [3.05, 3.63) is 11.6 Å². The minimum atomic E-state index is -0.419. The molecule has 6 heteroatoms. The first-order valence-electron chi connectivity index (χ1n) is 5.98. The zero-order valence-corrected chi connectivity index (χ0v) is 12.5. The Labute approximate surface area is 116 Å². The summed E-state index contributed by atoms with van der Waals surface area (Å²) in [4.78, 5) is 17.9. The van der Waals surface area contributed by atoms with Crippen LogP contribution in [0.2, 0.25) is 0 Å². The number of thioether (sulfide) groups is 1. The van der Waals surface area contributed by atoms with Gasteiger partial charge in [-0.3, -0.25) is 0 Å². The van der Waals surface area contributed by atoms with E-state index in [0.29, 0.717) is 5.25 Å². The number of hydrogen-bond donors (Lipinski definition) is 0. The largest absolute Gasteiger partial charge is 0.444 e. The Morgan fingerprint density at radius 3 is 3.00 bits per heavy atom. The zero-order chi connectivity index (χ0) is 13.2. The Balaban J connectivity index is 1.83. The van der Waals surface area contributed by atoms with Crippen molar-refractivity contribution in [1.29, 1.82) is 0 Å². The number of carbonyl (C=O) groups is 1. The fraction of sp³-hybridized carbons (Fsp3) is 0.667. The van der Waals surface area contributed by atoms with Gasteiger partial charge in [0.2, 0.25) is 0 Å². The molecular weight excluding hydrogens is 268 g/mol. The summed E-state index contributed by atoms with van der Waals surface area (Å²) < 4.78 is 6.44. The van der Waals surface area contributed by atoms with Gasteiger partial charge in [0, 0.05) is 29.9 Å². The molecule has 2 rings (SSSR count). The Hall–Kier alpha value is -0.750. The van der Waals surface area contributed by atoms with Crippen LogP contribution in [0.15, 0.2) is 15.9 Å². The zero-order valence-electron chi connectivity index (χ0n) is 10.9. The second kappa shape index (κ2) is 5.48. The van der Waals surface area contributed by atoms with E-state index in [0.717, 1.165) is 23.8 Å². The highest BCUT2D eigenvalue weighted by Gasteiger charge is 2.30. The van der Waals surface area contributed by atoms with Gasteiger partial charge in [0.15, 0.2) is 0 Å². The smallest absolute Gasteiger partial charge is 0.410 e. The quantitative estimate of drug-likeness (QED) is 0.837. The van der Waals surface area contributed by atoms with Crippen LogP contribution in [0.25, 0.3) is 0 Å². The fourth-order valence-electron chi connectivity index (χ4n) is 1.73. The van der Waals surface area contributed by atoms with E-state index in [9.17, 15) is 4.79 Å². The molecule has 4 nitrogen and oxygen atoms in total. The summed E-state index contributed by atoms with van der Waals surface area (Å²) in [6.45, 7) is 7.20. The molecule has 0 aliphatic carbocycles. The lowest BCUT2D eigenvalue weighted by atomic mass is 10.2. The summed E-state index contributed by atoms with van der Waals surface area (Å²) in [5.74, 6) is 0. The highest BCUT2D eigenvalue weighted by molar-refractivity contribution is 8.01. The van der Waals surface area contributed by atoms with Crippen LogP contribution in [0, 0.1) is 0 Å². The minimum absolute atomic E-state index is 0.204. The van der Waals surface area contributed by atoms with Crippen molar-refractivity contribution >= 4 is 29.2 Å². The summed E-state index contributed by atoms with van der Waals surface area (Å²) in [5, 5.41) is 2.41. The van der Waals surface area contributed by atoms with E-state index in [-0.39, 0.29) is 6.09 Å². The van der Waals surface area contributed by atoms with Gasteiger partial charge in [0.05, 0.1) is 0 Å². The lowest BCUT2D eigenvalue weighted by molar-refractivity contribution is 0.0295. The van der Waals surface area contributed by atoms with Gasteiger partial charge in [0.1, 0.15) is 9.94 Å². The number of aromatic nitrogens is 1. The Kier molecular flexibility index (Phi) is 4.17. The molecule has 0 radical (unpaired) electrons. The van der Waals surface area contributed by atoms with Crippen molar-refractivity contribution in [2.45, 2.75) is 42.4 Å². The van der Waals surface area contributed by atoms with Gasteiger partial charge < -0.3 is 9.64 Å². The molecule has 2 heterocycles. The summed E-state index contributed by atoms with van der Waals surface area (Å²) in [6, 6.07) is 0. The SMILES string of the molecule is CC(C)(C)OC(=O)N1CC[C@@H](Sc2nccs2)C1. The molecule has 1 aromatic heterocycles. The van der Waals surface area contributed by atoms with Crippen LogP contribution in [0.5, 0.6) is 0 Å². The first-order valence-corrected chi connectivity index (χ1v) is 7.74.